The van der Waals surface area contributed by atoms with Crippen LogP contribution in [0.25, 0.3) is 11.1 Å². The van der Waals surface area contributed by atoms with Crippen molar-refractivity contribution in [2.24, 2.45) is 5.73 Å². The third-order valence-corrected chi connectivity index (χ3v) is 2.11. The van der Waals surface area contributed by atoms with Gasteiger partial charge in [-0.15, -0.1) is 0 Å². The molecule has 0 saturated heterocycles. The molecule has 0 radical (unpaired) electrons. The summed E-state index contributed by atoms with van der Waals surface area (Å²) in [5, 5.41) is 0. The van der Waals surface area contributed by atoms with Gasteiger partial charge < -0.3 is 5.73 Å². The fourth-order valence-electron chi connectivity index (χ4n) is 1.35. The number of hydrogen-bond acceptors (Lipinski definition) is 1. The van der Waals surface area contributed by atoms with Gasteiger partial charge >= 0.3 is 0 Å². The molecule has 0 bridgehead atoms. The van der Waals surface area contributed by atoms with Gasteiger partial charge in [0, 0.05) is 9.68 Å². The summed E-state index contributed by atoms with van der Waals surface area (Å²) in [6, 6.07) is 3.48. The Hall–Kier alpha value is -2.09. The van der Waals surface area contributed by atoms with Crippen LogP contribution < -0.4 is 5.73 Å². The van der Waals surface area contributed by atoms with Crippen molar-refractivity contribution in [2.45, 2.75) is 6.85 Å². The van der Waals surface area contributed by atoms with Crippen LogP contribution in [-0.2, 0) is 0 Å². The lowest BCUT2D eigenvalue weighted by Gasteiger charge is -2.06. The lowest BCUT2D eigenvalue weighted by molar-refractivity contribution is 0.100. The minimum absolute atomic E-state index is 0.0411. The zero-order chi connectivity index (χ0) is 17.5. The van der Waals surface area contributed by atoms with Crippen molar-refractivity contribution in [3.63, 3.8) is 0 Å². The largest absolute Gasteiger partial charge is 0.366 e. The molecule has 2 aromatic carbocycles. The summed E-state index contributed by atoms with van der Waals surface area (Å²) >= 11 is 0. The van der Waals surface area contributed by atoms with E-state index in [1.165, 1.54) is 24.3 Å². The van der Waals surface area contributed by atoms with E-state index in [9.17, 15) is 4.79 Å². The Morgan fingerprint density at radius 1 is 1.25 bits per heavy atom. The van der Waals surface area contributed by atoms with Gasteiger partial charge in [-0.2, -0.15) is 0 Å². The van der Waals surface area contributed by atoms with Crippen LogP contribution >= 0.6 is 0 Å². The van der Waals surface area contributed by atoms with Crippen molar-refractivity contribution in [1.29, 1.82) is 0 Å². The van der Waals surface area contributed by atoms with Gasteiger partial charge in [-0.05, 0) is 24.0 Å². The van der Waals surface area contributed by atoms with E-state index in [2.05, 4.69) is 0 Å². The Bertz CT molecular complexity index is 781. The molecule has 0 aliphatic carbocycles. The lowest BCUT2D eigenvalue weighted by Crippen LogP contribution is -2.12. The first-order valence-electron chi connectivity index (χ1n) is 8.06. The van der Waals surface area contributed by atoms with Gasteiger partial charge in [0.05, 0.1) is 5.48 Å². The number of rotatable bonds is 2. The van der Waals surface area contributed by atoms with Crippen molar-refractivity contribution in [3.8, 4) is 11.1 Å². The number of amides is 1. The second-order valence-corrected chi connectivity index (χ2v) is 3.19. The minimum Gasteiger partial charge on any atom is -0.366 e. The first-order valence-corrected chi connectivity index (χ1v) is 4.56. The molecule has 0 saturated carbocycles. The zero-order valence-corrected chi connectivity index (χ0v) is 8.29. The van der Waals surface area contributed by atoms with Crippen LogP contribution in [0.15, 0.2) is 48.4 Å². The van der Waals surface area contributed by atoms with Crippen LogP contribution in [-0.4, -0.2) is 5.91 Å². The highest BCUT2D eigenvalue weighted by Gasteiger charge is 2.08. The summed E-state index contributed by atoms with van der Waals surface area (Å²) in [6.45, 7) is -2.29. The number of hydrogen-bond donors (Lipinski definition) is 1. The maximum absolute atomic E-state index is 11.6. The normalized spacial score (nSPS) is 17.1. The summed E-state index contributed by atoms with van der Waals surface area (Å²) < 4.78 is 53.1. The van der Waals surface area contributed by atoms with Gasteiger partial charge in [0.1, 0.15) is 0 Å². The molecular weight excluding hydrogens is 198 g/mol. The summed E-state index contributed by atoms with van der Waals surface area (Å²) in [6.07, 6.45) is 0. The van der Waals surface area contributed by atoms with Crippen molar-refractivity contribution in [3.05, 3.63) is 59.6 Å². The monoisotopic (exact) mass is 218 g/mol. The van der Waals surface area contributed by atoms with Crippen molar-refractivity contribution < 1.29 is 14.4 Å². The van der Waals surface area contributed by atoms with Crippen LogP contribution in [0.5, 0.6) is 0 Å². The fourth-order valence-corrected chi connectivity index (χ4v) is 1.35. The molecule has 16 heavy (non-hydrogen) atoms. The molecule has 0 heterocycles. The Balaban J connectivity index is 2.75. The van der Waals surface area contributed by atoms with Crippen LogP contribution in [0.2, 0.25) is 0 Å². The molecule has 80 valence electrons. The highest BCUT2D eigenvalue weighted by molar-refractivity contribution is 5.99. The number of carbonyl (C=O) groups is 1. The van der Waals surface area contributed by atoms with E-state index in [0.717, 1.165) is 0 Å². The highest BCUT2D eigenvalue weighted by Crippen LogP contribution is 2.23. The second kappa shape index (κ2) is 4.19. The predicted octanol–water partition coefficient (Wildman–Crippen LogP) is 2.76. The molecule has 1 amide bonds. The Morgan fingerprint density at radius 2 is 1.94 bits per heavy atom. The second-order valence-electron chi connectivity index (χ2n) is 3.19. The first kappa shape index (κ1) is 4.83. The average Bonchev–Trinajstić information content (AvgIpc) is 2.47. The number of benzene rings is 2. The number of carbonyl (C=O) groups excluding carboxylic acids is 1. The maximum atomic E-state index is 11.6. The van der Waals surface area contributed by atoms with Crippen molar-refractivity contribution >= 4 is 5.91 Å². The molecule has 0 spiro atoms. The highest BCUT2D eigenvalue weighted by atomic mass is 16.1. The van der Waals surface area contributed by atoms with Crippen LogP contribution in [0.3, 0.4) is 0 Å². The Labute approximate surface area is 105 Å². The number of aryl methyl sites for hydroxylation is 1. The molecule has 0 aliphatic heterocycles. The van der Waals surface area contributed by atoms with E-state index >= 15 is 0 Å². The van der Waals surface area contributed by atoms with Crippen LogP contribution in [0, 0.1) is 6.85 Å². The third-order valence-electron chi connectivity index (χ3n) is 2.11. The molecule has 2 nitrogen and oxygen atoms in total. The molecule has 0 atom stereocenters. The van der Waals surface area contributed by atoms with Gasteiger partial charge in [-0.3, -0.25) is 4.79 Å². The van der Waals surface area contributed by atoms with E-state index in [1.54, 1.807) is 0 Å². The smallest absolute Gasteiger partial charge is 0.249 e. The SMILES string of the molecule is [2H]c1c([2H])c([2H])c(-c2ccc(C([2H])([2H])[2H])cc2)c(C(N)=O)c1[2H]. The topological polar surface area (TPSA) is 43.1 Å². The molecule has 2 rings (SSSR count). The van der Waals surface area contributed by atoms with E-state index in [1.807, 2.05) is 0 Å². The Morgan fingerprint density at radius 3 is 2.56 bits per heavy atom. The molecule has 0 fully saturated rings. The Kier molecular flexibility index (Phi) is 1.26. The number of primary amides is 1. The van der Waals surface area contributed by atoms with Gasteiger partial charge in [0.2, 0.25) is 5.91 Å². The average molecular weight is 218 g/mol. The van der Waals surface area contributed by atoms with E-state index in [0.29, 0.717) is 5.56 Å². The quantitative estimate of drug-likeness (QED) is 0.827. The van der Waals surface area contributed by atoms with Crippen molar-refractivity contribution in [2.75, 3.05) is 0 Å². The molecule has 2 heteroatoms. The predicted molar refractivity (Wildman–Crippen MR) is 65.1 cm³/mol. The van der Waals surface area contributed by atoms with E-state index in [-0.39, 0.29) is 16.7 Å². The van der Waals surface area contributed by atoms with Gasteiger partial charge in [0.15, 0.2) is 0 Å². The summed E-state index contributed by atoms with van der Waals surface area (Å²) in [4.78, 5) is 11.6. The molecule has 0 aromatic heterocycles. The number of nitrogens with two attached hydrogens (primary N) is 1. The molecule has 2 aromatic rings. The minimum atomic E-state index is -2.29. The molecule has 0 unspecified atom stereocenters. The van der Waals surface area contributed by atoms with Gasteiger partial charge in [-0.1, -0.05) is 48.0 Å². The summed E-state index contributed by atoms with van der Waals surface area (Å²) in [7, 11) is 0. The molecule has 2 N–H and O–H groups in total. The zero-order valence-electron chi connectivity index (χ0n) is 15.3. The summed E-state index contributed by atoms with van der Waals surface area (Å²) in [5.74, 6) is -0.980. The van der Waals surface area contributed by atoms with E-state index in [4.69, 9.17) is 15.3 Å². The lowest BCUT2D eigenvalue weighted by atomic mass is 9.98. The van der Waals surface area contributed by atoms with Crippen LogP contribution in [0.1, 0.15) is 25.5 Å². The first-order chi connectivity index (χ1) is 10.6. The fraction of sp³-hybridized carbons (Fsp3) is 0.0714. The van der Waals surface area contributed by atoms with Crippen LogP contribution in [0.4, 0.5) is 0 Å². The van der Waals surface area contributed by atoms with Gasteiger partial charge in [0.25, 0.3) is 0 Å². The summed E-state index contributed by atoms with van der Waals surface area (Å²) in [5.41, 5.74) is 5.28. The standard InChI is InChI=1S/C14H13NO/c1-10-6-8-11(9-7-10)12-4-2-3-5-13(12)14(15)16/h2-9H,1H3,(H2,15,16)/i1D3,2D,3D,4D,5D. The van der Waals surface area contributed by atoms with Crippen molar-refractivity contribution in [1.82, 2.24) is 0 Å². The van der Waals surface area contributed by atoms with E-state index < -0.39 is 36.9 Å². The molecular formula is C14H13NO. The molecule has 0 aliphatic rings. The maximum Gasteiger partial charge on any atom is 0.249 e. The third kappa shape index (κ3) is 1.96. The van der Waals surface area contributed by atoms with Gasteiger partial charge in [-0.25, -0.2) is 0 Å².